The van der Waals surface area contributed by atoms with Crippen molar-refractivity contribution in [2.24, 2.45) is 0 Å². The molecule has 3 aromatic carbocycles. The number of alkyl halides is 3. The third-order valence-corrected chi connectivity index (χ3v) is 4.78. The molecule has 0 unspecified atom stereocenters. The van der Waals surface area contributed by atoms with Crippen LogP contribution in [0.5, 0.6) is 0 Å². The first kappa shape index (κ1) is 18.3. The van der Waals surface area contributed by atoms with Crippen LogP contribution in [0.15, 0.2) is 89.8 Å². The third-order valence-electron chi connectivity index (χ3n) is 4.04. The van der Waals surface area contributed by atoms with Crippen LogP contribution in [0.1, 0.15) is 16.7 Å². The molecule has 0 aliphatic rings. The van der Waals surface area contributed by atoms with E-state index in [4.69, 9.17) is 0 Å². The summed E-state index contributed by atoms with van der Waals surface area (Å²) < 4.78 is 42.3. The lowest BCUT2D eigenvalue weighted by molar-refractivity contribution is -0.0685. The molecule has 3 aromatic rings. The molecule has 26 heavy (non-hydrogen) atoms. The highest BCUT2D eigenvalue weighted by molar-refractivity contribution is 7.98. The predicted octanol–water partition coefficient (Wildman–Crippen LogP) is 6.93. The lowest BCUT2D eigenvalue weighted by atomic mass is 9.89. The Hall–Kier alpha value is -2.46. The van der Waals surface area contributed by atoms with Gasteiger partial charge in [-0.05, 0) is 35.1 Å². The second-order valence-corrected chi connectivity index (χ2v) is 6.59. The highest BCUT2D eigenvalue weighted by Gasteiger charge is 2.38. The zero-order valence-electron chi connectivity index (χ0n) is 14.1. The highest BCUT2D eigenvalue weighted by Crippen LogP contribution is 2.42. The van der Waals surface area contributed by atoms with Gasteiger partial charge in [0.15, 0.2) is 0 Å². The van der Waals surface area contributed by atoms with Crippen LogP contribution in [0.4, 0.5) is 13.2 Å². The lowest BCUT2D eigenvalue weighted by Gasteiger charge is -2.19. The van der Waals surface area contributed by atoms with Gasteiger partial charge in [0.25, 0.3) is 0 Å². The van der Waals surface area contributed by atoms with Crippen LogP contribution >= 0.6 is 11.8 Å². The Morgan fingerprint density at radius 2 is 1.12 bits per heavy atom. The summed E-state index contributed by atoms with van der Waals surface area (Å²) in [6.45, 7) is 0. The summed E-state index contributed by atoms with van der Waals surface area (Å²) in [7, 11) is 0. The SMILES string of the molecule is CSc1ccc(/C(=C(\c2ccccc2)C(F)(F)F)c2ccccc2)cc1. The molecule has 0 radical (unpaired) electrons. The summed E-state index contributed by atoms with van der Waals surface area (Å²) in [6.07, 6.45) is -2.54. The van der Waals surface area contributed by atoms with E-state index in [2.05, 4.69) is 0 Å². The summed E-state index contributed by atoms with van der Waals surface area (Å²) in [5.74, 6) is 0. The number of halogens is 3. The van der Waals surface area contributed by atoms with Gasteiger partial charge >= 0.3 is 6.18 Å². The van der Waals surface area contributed by atoms with E-state index in [0.717, 1.165) is 4.90 Å². The van der Waals surface area contributed by atoms with Gasteiger partial charge in [0.2, 0.25) is 0 Å². The topological polar surface area (TPSA) is 0 Å². The van der Waals surface area contributed by atoms with Crippen LogP contribution in [-0.4, -0.2) is 12.4 Å². The molecule has 3 rings (SSSR count). The molecular weight excluding hydrogens is 353 g/mol. The predicted molar refractivity (Wildman–Crippen MR) is 103 cm³/mol. The number of thioether (sulfide) groups is 1. The molecule has 0 bridgehead atoms. The Kier molecular flexibility index (Phi) is 5.52. The number of benzene rings is 3. The molecule has 0 atom stereocenters. The Morgan fingerprint density at radius 1 is 0.654 bits per heavy atom. The van der Waals surface area contributed by atoms with E-state index in [0.29, 0.717) is 11.1 Å². The minimum Gasteiger partial charge on any atom is -0.166 e. The summed E-state index contributed by atoms with van der Waals surface area (Å²) in [4.78, 5) is 1.01. The fourth-order valence-corrected chi connectivity index (χ4v) is 3.28. The monoisotopic (exact) mass is 370 g/mol. The van der Waals surface area contributed by atoms with E-state index in [-0.39, 0.29) is 11.1 Å². The summed E-state index contributed by atoms with van der Waals surface area (Å²) in [6, 6.07) is 23.9. The summed E-state index contributed by atoms with van der Waals surface area (Å²) in [5, 5.41) is 0. The Balaban J connectivity index is 2.34. The van der Waals surface area contributed by atoms with Crippen molar-refractivity contribution in [2.45, 2.75) is 11.1 Å². The first-order valence-electron chi connectivity index (χ1n) is 8.07. The maximum Gasteiger partial charge on any atom is 0.417 e. The number of hydrogen-bond acceptors (Lipinski definition) is 1. The third kappa shape index (κ3) is 4.02. The average molecular weight is 370 g/mol. The summed E-state index contributed by atoms with van der Waals surface area (Å²) in [5.41, 5.74) is 0.816. The number of allylic oxidation sites excluding steroid dienone is 1. The molecule has 4 heteroatoms. The van der Waals surface area contributed by atoms with Crippen molar-refractivity contribution in [3.63, 3.8) is 0 Å². The fraction of sp³-hybridized carbons (Fsp3) is 0.0909. The van der Waals surface area contributed by atoms with Gasteiger partial charge < -0.3 is 0 Å². The van der Waals surface area contributed by atoms with Crippen molar-refractivity contribution >= 4 is 22.9 Å². The van der Waals surface area contributed by atoms with Crippen molar-refractivity contribution in [1.29, 1.82) is 0 Å². The van der Waals surface area contributed by atoms with Crippen LogP contribution in [0.25, 0.3) is 11.1 Å². The van der Waals surface area contributed by atoms with E-state index in [1.807, 2.05) is 18.4 Å². The molecule has 0 spiro atoms. The molecule has 0 fully saturated rings. The highest BCUT2D eigenvalue weighted by atomic mass is 32.2. The minimum absolute atomic E-state index is 0.160. The summed E-state index contributed by atoms with van der Waals surface area (Å²) >= 11 is 1.56. The van der Waals surface area contributed by atoms with Crippen molar-refractivity contribution < 1.29 is 13.2 Å². The Morgan fingerprint density at radius 3 is 1.58 bits per heavy atom. The first-order valence-corrected chi connectivity index (χ1v) is 9.30. The van der Waals surface area contributed by atoms with E-state index < -0.39 is 11.7 Å². The molecule has 0 amide bonds. The Labute approximate surface area is 155 Å². The smallest absolute Gasteiger partial charge is 0.166 e. The molecule has 0 aliphatic heterocycles. The minimum atomic E-state index is -4.48. The van der Waals surface area contributed by atoms with Crippen LogP contribution in [-0.2, 0) is 0 Å². The van der Waals surface area contributed by atoms with E-state index in [1.165, 1.54) is 12.1 Å². The van der Waals surface area contributed by atoms with Gasteiger partial charge in [0.05, 0.1) is 5.57 Å². The van der Waals surface area contributed by atoms with Crippen molar-refractivity contribution in [3.8, 4) is 0 Å². The zero-order chi connectivity index (χ0) is 18.6. The van der Waals surface area contributed by atoms with Crippen LogP contribution in [0.3, 0.4) is 0 Å². The number of rotatable bonds is 4. The average Bonchev–Trinajstić information content (AvgIpc) is 2.66. The maximum atomic E-state index is 14.1. The molecule has 0 N–H and O–H groups in total. The first-order chi connectivity index (χ1) is 12.5. The Bertz CT molecular complexity index is 880. The van der Waals surface area contributed by atoms with E-state index in [9.17, 15) is 13.2 Å². The normalized spacial score (nSPS) is 12.6. The van der Waals surface area contributed by atoms with Crippen LogP contribution < -0.4 is 0 Å². The van der Waals surface area contributed by atoms with Gasteiger partial charge in [-0.15, -0.1) is 11.8 Å². The molecule has 0 heterocycles. The van der Waals surface area contributed by atoms with Crippen LogP contribution in [0, 0.1) is 0 Å². The van der Waals surface area contributed by atoms with Gasteiger partial charge in [-0.1, -0.05) is 72.8 Å². The standard InChI is InChI=1S/C22H17F3S/c1-26-19-14-12-17(13-15-19)20(16-8-4-2-5-9-16)21(22(23,24)25)18-10-6-3-7-11-18/h2-15H,1H3/b21-20+. The molecule has 0 aliphatic carbocycles. The second-order valence-electron chi connectivity index (χ2n) is 5.71. The molecule has 132 valence electrons. The van der Waals surface area contributed by atoms with Crippen molar-refractivity contribution in [3.05, 3.63) is 102 Å². The largest absolute Gasteiger partial charge is 0.417 e. The van der Waals surface area contributed by atoms with Gasteiger partial charge in [-0.3, -0.25) is 0 Å². The van der Waals surface area contributed by atoms with Crippen molar-refractivity contribution in [2.75, 3.05) is 6.26 Å². The molecular formula is C22H17F3S. The lowest BCUT2D eigenvalue weighted by Crippen LogP contribution is -2.13. The maximum absolute atomic E-state index is 14.1. The van der Waals surface area contributed by atoms with Gasteiger partial charge in [0.1, 0.15) is 0 Å². The van der Waals surface area contributed by atoms with Gasteiger partial charge in [-0.2, -0.15) is 13.2 Å². The molecule has 0 saturated carbocycles. The molecule has 0 aromatic heterocycles. The van der Waals surface area contributed by atoms with E-state index in [1.54, 1.807) is 72.4 Å². The zero-order valence-corrected chi connectivity index (χ0v) is 14.9. The second kappa shape index (κ2) is 7.83. The van der Waals surface area contributed by atoms with Crippen LogP contribution in [0.2, 0.25) is 0 Å². The fourth-order valence-electron chi connectivity index (χ4n) is 2.87. The van der Waals surface area contributed by atoms with Gasteiger partial charge in [-0.25, -0.2) is 0 Å². The van der Waals surface area contributed by atoms with Gasteiger partial charge in [0, 0.05) is 10.5 Å². The molecule has 0 saturated heterocycles. The molecule has 0 nitrogen and oxygen atoms in total. The van der Waals surface area contributed by atoms with Crippen molar-refractivity contribution in [1.82, 2.24) is 0 Å². The quantitative estimate of drug-likeness (QED) is 0.354. The van der Waals surface area contributed by atoms with E-state index >= 15 is 0 Å². The number of hydrogen-bond donors (Lipinski definition) is 0.